The molecule has 0 spiro atoms. The fourth-order valence-corrected chi connectivity index (χ4v) is 3.63. The summed E-state index contributed by atoms with van der Waals surface area (Å²) in [6, 6.07) is 3.02. The highest BCUT2D eigenvalue weighted by atomic mass is 14.9. The van der Waals surface area contributed by atoms with E-state index in [-0.39, 0.29) is 5.92 Å². The predicted octanol–water partition coefficient (Wildman–Crippen LogP) is 3.24. The Balaban J connectivity index is 1.53. The average Bonchev–Trinajstić information content (AvgIpc) is 3.21. The van der Waals surface area contributed by atoms with Crippen LogP contribution >= 0.6 is 0 Å². The Morgan fingerprint density at radius 1 is 1.06 bits per heavy atom. The summed E-state index contributed by atoms with van der Waals surface area (Å²) >= 11 is 0. The van der Waals surface area contributed by atoms with Crippen LogP contribution in [0.5, 0.6) is 0 Å². The maximum absolute atomic E-state index is 9.26. The van der Waals surface area contributed by atoms with E-state index in [9.17, 15) is 5.26 Å². The summed E-state index contributed by atoms with van der Waals surface area (Å²) in [6.07, 6.45) is 12.0. The van der Waals surface area contributed by atoms with Gasteiger partial charge in [-0.05, 0) is 49.9 Å². The third-order valence-electron chi connectivity index (χ3n) is 5.23. The minimum Gasteiger partial charge on any atom is -0.312 e. The Morgan fingerprint density at radius 2 is 1.82 bits per heavy atom. The first-order valence-corrected chi connectivity index (χ1v) is 7.47. The summed E-state index contributed by atoms with van der Waals surface area (Å²) < 4.78 is 0. The van der Waals surface area contributed by atoms with Crippen LogP contribution < -0.4 is 5.32 Å². The van der Waals surface area contributed by atoms with Gasteiger partial charge in [0.05, 0.1) is 12.0 Å². The van der Waals surface area contributed by atoms with E-state index in [0.29, 0.717) is 11.5 Å². The predicted molar refractivity (Wildman–Crippen MR) is 68.4 cm³/mol. The number of hydrogen-bond donors (Lipinski definition) is 1. The lowest BCUT2D eigenvalue weighted by Crippen LogP contribution is -2.39. The van der Waals surface area contributed by atoms with Crippen molar-refractivity contribution in [2.45, 2.75) is 63.8 Å². The van der Waals surface area contributed by atoms with E-state index >= 15 is 0 Å². The van der Waals surface area contributed by atoms with Gasteiger partial charge in [0, 0.05) is 12.6 Å². The summed E-state index contributed by atoms with van der Waals surface area (Å²) in [5.74, 6) is 1.30. The van der Waals surface area contributed by atoms with E-state index in [1.54, 1.807) is 0 Å². The van der Waals surface area contributed by atoms with Gasteiger partial charge >= 0.3 is 0 Å². The van der Waals surface area contributed by atoms with Crippen LogP contribution in [-0.4, -0.2) is 12.6 Å². The minimum absolute atomic E-state index is 0.271. The minimum atomic E-state index is 0.271. The Morgan fingerprint density at radius 3 is 2.47 bits per heavy atom. The van der Waals surface area contributed by atoms with E-state index in [0.717, 1.165) is 12.3 Å². The molecule has 3 aliphatic rings. The molecule has 0 aromatic carbocycles. The lowest BCUT2D eigenvalue weighted by Gasteiger charge is -2.24. The molecule has 0 aliphatic heterocycles. The summed E-state index contributed by atoms with van der Waals surface area (Å²) in [6.45, 7) is 1.19. The number of nitriles is 1. The van der Waals surface area contributed by atoms with Crippen LogP contribution in [0.1, 0.15) is 57.8 Å². The number of nitrogens with one attached hydrogen (secondary N) is 1. The van der Waals surface area contributed by atoms with Crippen LogP contribution in [-0.2, 0) is 0 Å². The van der Waals surface area contributed by atoms with Crippen molar-refractivity contribution in [1.82, 2.24) is 5.32 Å². The van der Waals surface area contributed by atoms with Crippen LogP contribution in [0, 0.1) is 28.6 Å². The molecule has 0 aromatic rings. The molecule has 3 saturated carbocycles. The first-order valence-electron chi connectivity index (χ1n) is 7.47. The molecule has 2 nitrogen and oxygen atoms in total. The summed E-state index contributed by atoms with van der Waals surface area (Å²) in [5, 5.41) is 13.0. The van der Waals surface area contributed by atoms with Gasteiger partial charge in [0.25, 0.3) is 0 Å². The molecule has 0 amide bonds. The van der Waals surface area contributed by atoms with E-state index in [1.807, 2.05) is 0 Å². The highest BCUT2D eigenvalue weighted by Gasteiger charge is 2.53. The smallest absolute Gasteiger partial charge is 0.0672 e. The van der Waals surface area contributed by atoms with E-state index in [2.05, 4.69) is 11.4 Å². The van der Waals surface area contributed by atoms with Crippen LogP contribution in [0.4, 0.5) is 0 Å². The Hall–Kier alpha value is -0.550. The van der Waals surface area contributed by atoms with Gasteiger partial charge in [-0.1, -0.05) is 19.3 Å². The molecule has 0 radical (unpaired) electrons. The summed E-state index contributed by atoms with van der Waals surface area (Å²) in [5.41, 5.74) is 0.673. The molecule has 0 bridgehead atoms. The molecule has 1 N–H and O–H groups in total. The van der Waals surface area contributed by atoms with Gasteiger partial charge in [-0.2, -0.15) is 5.26 Å². The quantitative estimate of drug-likeness (QED) is 0.755. The highest BCUT2D eigenvalue weighted by molar-refractivity contribution is 5.06. The van der Waals surface area contributed by atoms with E-state index in [1.165, 1.54) is 57.9 Å². The standard InChI is InChI=1S/C15H24N2/c16-10-12-4-2-1-3-5-14(12)17-11-15(8-9-15)13-6-7-13/h12-14,17H,1-9,11H2. The second-order valence-corrected chi connectivity index (χ2v) is 6.50. The molecule has 0 aromatic heterocycles. The average molecular weight is 232 g/mol. The monoisotopic (exact) mass is 232 g/mol. The van der Waals surface area contributed by atoms with Crippen molar-refractivity contribution in [2.75, 3.05) is 6.54 Å². The molecule has 3 rings (SSSR count). The lowest BCUT2D eigenvalue weighted by atomic mass is 9.94. The molecule has 94 valence electrons. The van der Waals surface area contributed by atoms with Gasteiger partial charge < -0.3 is 5.32 Å². The number of nitrogens with zero attached hydrogens (tertiary/aromatic N) is 1. The van der Waals surface area contributed by atoms with Crippen molar-refractivity contribution >= 4 is 0 Å². The highest BCUT2D eigenvalue weighted by Crippen LogP contribution is 2.60. The summed E-state index contributed by atoms with van der Waals surface area (Å²) in [7, 11) is 0. The van der Waals surface area contributed by atoms with Crippen molar-refractivity contribution in [2.24, 2.45) is 17.3 Å². The Bertz CT molecular complexity index is 309. The number of hydrogen-bond acceptors (Lipinski definition) is 2. The molecular formula is C15H24N2. The normalized spacial score (nSPS) is 35.9. The zero-order chi connectivity index (χ0) is 11.7. The first kappa shape index (κ1) is 11.5. The van der Waals surface area contributed by atoms with Crippen molar-refractivity contribution in [3.05, 3.63) is 0 Å². The van der Waals surface area contributed by atoms with Gasteiger partial charge in [0.2, 0.25) is 0 Å². The molecule has 2 atom stereocenters. The van der Waals surface area contributed by atoms with Gasteiger partial charge in [-0.25, -0.2) is 0 Å². The summed E-state index contributed by atoms with van der Waals surface area (Å²) in [4.78, 5) is 0. The zero-order valence-corrected chi connectivity index (χ0v) is 10.8. The van der Waals surface area contributed by atoms with Gasteiger partial charge in [0.1, 0.15) is 0 Å². The maximum Gasteiger partial charge on any atom is 0.0672 e. The molecule has 3 aliphatic carbocycles. The fraction of sp³-hybridized carbons (Fsp3) is 0.933. The van der Waals surface area contributed by atoms with Crippen LogP contribution in [0.2, 0.25) is 0 Å². The SMILES string of the molecule is N#CC1CCCCCC1NCC1(C2CC2)CC1. The van der Waals surface area contributed by atoms with Gasteiger partial charge in [-0.15, -0.1) is 0 Å². The van der Waals surface area contributed by atoms with Crippen LogP contribution in [0.25, 0.3) is 0 Å². The van der Waals surface area contributed by atoms with Gasteiger partial charge in [0.15, 0.2) is 0 Å². The second-order valence-electron chi connectivity index (χ2n) is 6.50. The van der Waals surface area contributed by atoms with Crippen molar-refractivity contribution in [3.8, 4) is 6.07 Å². The number of rotatable bonds is 4. The zero-order valence-electron chi connectivity index (χ0n) is 10.8. The van der Waals surface area contributed by atoms with Crippen molar-refractivity contribution in [1.29, 1.82) is 5.26 Å². The van der Waals surface area contributed by atoms with Crippen LogP contribution in [0.15, 0.2) is 0 Å². The first-order chi connectivity index (χ1) is 8.34. The Labute approximate surface area is 105 Å². The molecular weight excluding hydrogens is 208 g/mol. The second kappa shape index (κ2) is 4.61. The maximum atomic E-state index is 9.26. The lowest BCUT2D eigenvalue weighted by molar-refractivity contribution is 0.327. The van der Waals surface area contributed by atoms with E-state index in [4.69, 9.17) is 0 Å². The van der Waals surface area contributed by atoms with E-state index < -0.39 is 0 Å². The third-order valence-corrected chi connectivity index (χ3v) is 5.23. The third kappa shape index (κ3) is 2.50. The van der Waals surface area contributed by atoms with Crippen LogP contribution in [0.3, 0.4) is 0 Å². The van der Waals surface area contributed by atoms with Gasteiger partial charge in [-0.3, -0.25) is 0 Å². The molecule has 17 heavy (non-hydrogen) atoms. The molecule has 2 unspecified atom stereocenters. The fourth-order valence-electron chi connectivity index (χ4n) is 3.63. The Kier molecular flexibility index (Phi) is 3.13. The molecule has 0 heterocycles. The van der Waals surface area contributed by atoms with Crippen molar-refractivity contribution in [3.63, 3.8) is 0 Å². The molecule has 0 saturated heterocycles. The van der Waals surface area contributed by atoms with Crippen molar-refractivity contribution < 1.29 is 0 Å². The molecule has 3 fully saturated rings. The largest absolute Gasteiger partial charge is 0.312 e. The molecule has 2 heteroatoms. The topological polar surface area (TPSA) is 35.8 Å².